The first-order chi connectivity index (χ1) is 13.1. The summed E-state index contributed by atoms with van der Waals surface area (Å²) in [7, 11) is 0. The molecule has 9 nitrogen and oxygen atoms in total. The number of hydrazine groups is 1. The van der Waals surface area contributed by atoms with Gasteiger partial charge in [0.05, 0.1) is 11.0 Å². The van der Waals surface area contributed by atoms with Crippen molar-refractivity contribution in [2.45, 2.75) is 6.04 Å². The third-order valence-corrected chi connectivity index (χ3v) is 4.06. The van der Waals surface area contributed by atoms with Crippen LogP contribution in [0.1, 0.15) is 11.6 Å². The molecule has 1 saturated heterocycles. The van der Waals surface area contributed by atoms with E-state index in [2.05, 4.69) is 21.4 Å². The fraction of sp³-hybridized carbons (Fsp3) is 0.222. The van der Waals surface area contributed by atoms with E-state index in [1.54, 1.807) is 12.3 Å². The van der Waals surface area contributed by atoms with Gasteiger partial charge < -0.3 is 4.74 Å². The van der Waals surface area contributed by atoms with Crippen molar-refractivity contribution in [3.63, 3.8) is 0 Å². The van der Waals surface area contributed by atoms with Gasteiger partial charge in [0, 0.05) is 24.7 Å². The second-order valence-electron chi connectivity index (χ2n) is 5.90. The molecule has 0 bridgehead atoms. The van der Waals surface area contributed by atoms with Crippen LogP contribution in [0.5, 0.6) is 5.75 Å². The summed E-state index contributed by atoms with van der Waals surface area (Å²) in [5, 5.41) is 14.9. The highest BCUT2D eigenvalue weighted by Gasteiger charge is 2.26. The van der Waals surface area contributed by atoms with Gasteiger partial charge in [-0.25, -0.2) is 10.9 Å². The molecule has 2 aromatic carbocycles. The van der Waals surface area contributed by atoms with Gasteiger partial charge >= 0.3 is 5.69 Å². The minimum atomic E-state index is -0.560. The Morgan fingerprint density at radius 3 is 2.78 bits per heavy atom. The van der Waals surface area contributed by atoms with Crippen molar-refractivity contribution in [2.75, 3.05) is 13.2 Å². The monoisotopic (exact) mass is 369 g/mol. The number of ether oxygens (including phenoxy) is 1. The van der Waals surface area contributed by atoms with Crippen molar-refractivity contribution >= 4 is 17.8 Å². The molecule has 0 aliphatic carbocycles. The number of hydrogen-bond donors (Lipinski definition) is 3. The third kappa shape index (κ3) is 4.87. The first-order valence-electron chi connectivity index (χ1n) is 8.36. The molecule has 3 N–H and O–H groups in total. The van der Waals surface area contributed by atoms with E-state index in [1.807, 2.05) is 30.3 Å². The second kappa shape index (κ2) is 8.88. The van der Waals surface area contributed by atoms with Gasteiger partial charge in [0.25, 0.3) is 5.91 Å². The van der Waals surface area contributed by atoms with Gasteiger partial charge in [-0.05, 0) is 11.6 Å². The lowest BCUT2D eigenvalue weighted by molar-refractivity contribution is -0.385. The maximum absolute atomic E-state index is 11.9. The van der Waals surface area contributed by atoms with Gasteiger partial charge in [-0.3, -0.25) is 20.3 Å². The minimum Gasteiger partial charge on any atom is -0.477 e. The molecular formula is C18H19N5O4. The van der Waals surface area contributed by atoms with Crippen molar-refractivity contribution < 1.29 is 14.5 Å². The predicted octanol–water partition coefficient (Wildman–Crippen LogP) is 1.54. The van der Waals surface area contributed by atoms with E-state index in [4.69, 9.17) is 4.74 Å². The first kappa shape index (κ1) is 18.5. The van der Waals surface area contributed by atoms with Gasteiger partial charge in [0.2, 0.25) is 0 Å². The van der Waals surface area contributed by atoms with E-state index in [1.165, 1.54) is 18.2 Å². The summed E-state index contributed by atoms with van der Waals surface area (Å²) in [6, 6.07) is 15.8. The molecule has 1 heterocycles. The average Bonchev–Trinajstić information content (AvgIpc) is 3.16. The number of nitrogens with zero attached hydrogens (tertiary/aromatic N) is 2. The Morgan fingerprint density at radius 1 is 1.26 bits per heavy atom. The van der Waals surface area contributed by atoms with E-state index in [-0.39, 0.29) is 30.0 Å². The lowest BCUT2D eigenvalue weighted by Crippen LogP contribution is -2.26. The third-order valence-electron chi connectivity index (χ3n) is 4.06. The Hall–Kier alpha value is -3.30. The van der Waals surface area contributed by atoms with Crippen LogP contribution < -0.4 is 21.0 Å². The van der Waals surface area contributed by atoms with Gasteiger partial charge in [-0.15, -0.1) is 0 Å². The number of para-hydroxylation sites is 2. The highest BCUT2D eigenvalue weighted by Crippen LogP contribution is 2.25. The molecule has 0 radical (unpaired) electrons. The number of benzene rings is 2. The summed E-state index contributed by atoms with van der Waals surface area (Å²) in [6.45, 7) is 0.303. The molecule has 3 rings (SSSR count). The Morgan fingerprint density at radius 2 is 2.00 bits per heavy atom. The van der Waals surface area contributed by atoms with Crippen LogP contribution in [0.25, 0.3) is 0 Å². The zero-order valence-corrected chi connectivity index (χ0v) is 14.4. The molecule has 0 saturated carbocycles. The number of hydrogen-bond acceptors (Lipinski definition) is 7. The SMILES string of the molecule is O=C(COc1ccccc1[N+](=O)[O-])N/N=C/C1CNNC1c1ccccc1. The predicted molar refractivity (Wildman–Crippen MR) is 99.0 cm³/mol. The standard InChI is InChI=1S/C18H19N5O4/c24-17(12-27-16-9-5-4-8-15(16)23(25)26)21-19-10-14-11-20-22-18(14)13-6-2-1-3-7-13/h1-10,14,18,20,22H,11-12H2,(H,21,24)/b19-10+. The normalized spacial score (nSPS) is 19.1. The van der Waals surface area contributed by atoms with Crippen molar-refractivity contribution in [3.05, 3.63) is 70.3 Å². The summed E-state index contributed by atoms with van der Waals surface area (Å²) in [5.74, 6) is -0.404. The van der Waals surface area contributed by atoms with Crippen LogP contribution in [0.3, 0.4) is 0 Å². The van der Waals surface area contributed by atoms with E-state index in [0.29, 0.717) is 6.54 Å². The van der Waals surface area contributed by atoms with Crippen molar-refractivity contribution in [3.8, 4) is 5.75 Å². The quantitative estimate of drug-likeness (QED) is 0.387. The molecule has 1 amide bonds. The largest absolute Gasteiger partial charge is 0.477 e. The number of nitro benzene ring substituents is 1. The maximum Gasteiger partial charge on any atom is 0.310 e. The number of rotatable bonds is 7. The Balaban J connectivity index is 1.51. The maximum atomic E-state index is 11.9. The number of nitro groups is 1. The van der Waals surface area contributed by atoms with Gasteiger partial charge in [0.1, 0.15) is 0 Å². The molecule has 2 aromatic rings. The zero-order valence-electron chi connectivity index (χ0n) is 14.4. The van der Waals surface area contributed by atoms with Crippen molar-refractivity contribution in [2.24, 2.45) is 11.0 Å². The molecule has 2 atom stereocenters. The molecule has 9 heteroatoms. The molecule has 1 fully saturated rings. The fourth-order valence-corrected chi connectivity index (χ4v) is 2.75. The van der Waals surface area contributed by atoms with Crippen LogP contribution >= 0.6 is 0 Å². The molecule has 27 heavy (non-hydrogen) atoms. The summed E-state index contributed by atoms with van der Waals surface area (Å²) in [6.07, 6.45) is 1.66. The van der Waals surface area contributed by atoms with Crippen molar-refractivity contribution in [1.29, 1.82) is 0 Å². The molecule has 0 aromatic heterocycles. The van der Waals surface area contributed by atoms with Crippen LogP contribution in [0.2, 0.25) is 0 Å². The van der Waals surface area contributed by atoms with Crippen molar-refractivity contribution in [1.82, 2.24) is 16.3 Å². The first-order valence-corrected chi connectivity index (χ1v) is 8.36. The van der Waals surface area contributed by atoms with Crippen LogP contribution in [-0.4, -0.2) is 30.2 Å². The Kier molecular flexibility index (Phi) is 6.08. The number of carbonyl (C=O) groups excluding carboxylic acids is 1. The molecule has 0 spiro atoms. The topological polar surface area (TPSA) is 118 Å². The molecule has 1 aliphatic rings. The van der Waals surface area contributed by atoms with E-state index in [9.17, 15) is 14.9 Å². The highest BCUT2D eigenvalue weighted by atomic mass is 16.6. The van der Waals surface area contributed by atoms with E-state index >= 15 is 0 Å². The van der Waals surface area contributed by atoms with Gasteiger partial charge in [-0.2, -0.15) is 5.10 Å². The fourth-order valence-electron chi connectivity index (χ4n) is 2.75. The molecule has 1 aliphatic heterocycles. The molecular weight excluding hydrogens is 350 g/mol. The lowest BCUT2D eigenvalue weighted by atomic mass is 9.96. The summed E-state index contributed by atoms with van der Waals surface area (Å²) in [5.41, 5.74) is 9.57. The Bertz CT molecular complexity index is 828. The molecule has 140 valence electrons. The second-order valence-corrected chi connectivity index (χ2v) is 5.90. The van der Waals surface area contributed by atoms with E-state index in [0.717, 1.165) is 5.56 Å². The number of amides is 1. The highest BCUT2D eigenvalue weighted by molar-refractivity contribution is 5.78. The van der Waals surface area contributed by atoms with Gasteiger partial charge in [0.15, 0.2) is 12.4 Å². The number of hydrazone groups is 1. The Labute approximate surface area is 155 Å². The van der Waals surface area contributed by atoms with Crippen LogP contribution in [0.4, 0.5) is 5.69 Å². The summed E-state index contributed by atoms with van der Waals surface area (Å²) in [4.78, 5) is 22.2. The molecule has 2 unspecified atom stereocenters. The lowest BCUT2D eigenvalue weighted by Gasteiger charge is -2.14. The summed E-state index contributed by atoms with van der Waals surface area (Å²) >= 11 is 0. The van der Waals surface area contributed by atoms with Crippen LogP contribution in [0.15, 0.2) is 59.7 Å². The smallest absolute Gasteiger partial charge is 0.310 e. The zero-order chi connectivity index (χ0) is 19.1. The van der Waals surface area contributed by atoms with Crippen LogP contribution in [0, 0.1) is 16.0 Å². The average molecular weight is 369 g/mol. The minimum absolute atomic E-state index is 0.0370. The van der Waals surface area contributed by atoms with E-state index < -0.39 is 10.8 Å². The van der Waals surface area contributed by atoms with Crippen LogP contribution in [-0.2, 0) is 4.79 Å². The number of nitrogens with one attached hydrogen (secondary N) is 3. The summed E-state index contributed by atoms with van der Waals surface area (Å²) < 4.78 is 5.22. The van der Waals surface area contributed by atoms with Gasteiger partial charge in [-0.1, -0.05) is 42.5 Å². The number of carbonyl (C=O) groups is 1.